The van der Waals surface area contributed by atoms with E-state index in [0.29, 0.717) is 58.2 Å². The zero-order valence-electron chi connectivity index (χ0n) is 16.9. The summed E-state index contributed by atoms with van der Waals surface area (Å²) in [7, 11) is 1.59. The molecule has 2 aliphatic heterocycles. The maximum atomic E-state index is 12.6. The molecule has 2 heterocycles. The van der Waals surface area contributed by atoms with Crippen LogP contribution in [-0.2, 0) is 19.1 Å². The molecule has 158 valence electrons. The monoisotopic (exact) mass is 404 g/mol. The van der Waals surface area contributed by atoms with Gasteiger partial charge in [0, 0.05) is 45.0 Å². The summed E-state index contributed by atoms with van der Waals surface area (Å²) in [5.74, 6) is -0.322. The maximum absolute atomic E-state index is 12.6. The molecule has 2 saturated heterocycles. The molecule has 0 spiro atoms. The number of rotatable bonds is 4. The van der Waals surface area contributed by atoms with Crippen molar-refractivity contribution in [1.82, 2.24) is 14.7 Å². The number of benzene rings is 1. The van der Waals surface area contributed by atoms with Gasteiger partial charge < -0.3 is 24.6 Å². The number of morpholine rings is 1. The van der Waals surface area contributed by atoms with Crippen LogP contribution in [0.5, 0.6) is 5.75 Å². The number of anilines is 1. The Morgan fingerprint density at radius 2 is 1.48 bits per heavy atom. The average Bonchev–Trinajstić information content (AvgIpc) is 2.78. The Morgan fingerprint density at radius 1 is 0.931 bits per heavy atom. The minimum absolute atomic E-state index is 0.112. The van der Waals surface area contributed by atoms with E-state index in [4.69, 9.17) is 9.47 Å². The van der Waals surface area contributed by atoms with Crippen LogP contribution in [0, 0.1) is 0 Å². The van der Waals surface area contributed by atoms with Gasteiger partial charge in [0.2, 0.25) is 5.91 Å². The second kappa shape index (κ2) is 9.71. The molecule has 0 bridgehead atoms. The molecule has 2 fully saturated rings. The summed E-state index contributed by atoms with van der Waals surface area (Å²) in [6.45, 7) is 5.61. The van der Waals surface area contributed by atoms with Gasteiger partial charge in [0.25, 0.3) is 0 Å². The second-order valence-electron chi connectivity index (χ2n) is 7.13. The molecule has 1 aromatic carbocycles. The summed E-state index contributed by atoms with van der Waals surface area (Å²) in [6, 6.07) is 6.81. The first-order valence-electron chi connectivity index (χ1n) is 9.84. The second-order valence-corrected chi connectivity index (χ2v) is 7.13. The Hall–Kier alpha value is -2.65. The molecule has 0 unspecified atom stereocenters. The fraction of sp³-hybridized carbons (Fsp3) is 0.550. The molecule has 3 rings (SSSR count). The van der Waals surface area contributed by atoms with E-state index >= 15 is 0 Å². The molecule has 1 atom stereocenters. The van der Waals surface area contributed by atoms with Gasteiger partial charge in [0.1, 0.15) is 5.75 Å². The van der Waals surface area contributed by atoms with Crippen LogP contribution < -0.4 is 10.1 Å². The predicted octanol–water partition coefficient (Wildman–Crippen LogP) is 0.0252. The zero-order valence-corrected chi connectivity index (χ0v) is 16.9. The Morgan fingerprint density at radius 3 is 2.03 bits per heavy atom. The van der Waals surface area contributed by atoms with Crippen molar-refractivity contribution in [2.75, 3.05) is 64.9 Å². The van der Waals surface area contributed by atoms with Gasteiger partial charge in [0.15, 0.2) is 0 Å². The molecule has 2 aliphatic rings. The molecule has 1 N–H and O–H groups in total. The highest BCUT2D eigenvalue weighted by molar-refractivity contribution is 6.34. The van der Waals surface area contributed by atoms with E-state index in [2.05, 4.69) is 5.32 Å². The lowest BCUT2D eigenvalue weighted by Crippen LogP contribution is -2.57. The molecular weight excluding hydrogens is 376 g/mol. The van der Waals surface area contributed by atoms with Crippen molar-refractivity contribution in [2.45, 2.75) is 13.0 Å². The van der Waals surface area contributed by atoms with E-state index in [-0.39, 0.29) is 11.9 Å². The Labute approximate surface area is 170 Å². The Kier molecular flexibility index (Phi) is 7.05. The molecule has 0 saturated carbocycles. The van der Waals surface area contributed by atoms with Gasteiger partial charge in [-0.05, 0) is 31.2 Å². The topological polar surface area (TPSA) is 91.4 Å². The summed E-state index contributed by atoms with van der Waals surface area (Å²) in [5, 5.41) is 2.90. The van der Waals surface area contributed by atoms with Gasteiger partial charge in [-0.1, -0.05) is 0 Å². The maximum Gasteiger partial charge on any atom is 0.312 e. The van der Waals surface area contributed by atoms with Crippen LogP contribution >= 0.6 is 0 Å². The van der Waals surface area contributed by atoms with Crippen molar-refractivity contribution in [3.63, 3.8) is 0 Å². The first-order valence-corrected chi connectivity index (χ1v) is 9.84. The molecule has 0 radical (unpaired) electrons. The average molecular weight is 404 g/mol. The lowest BCUT2D eigenvalue weighted by atomic mass is 10.2. The summed E-state index contributed by atoms with van der Waals surface area (Å²) in [4.78, 5) is 42.5. The number of methoxy groups -OCH3 is 1. The smallest absolute Gasteiger partial charge is 0.312 e. The minimum Gasteiger partial charge on any atom is -0.497 e. The van der Waals surface area contributed by atoms with Crippen LogP contribution in [0.25, 0.3) is 0 Å². The fourth-order valence-corrected chi connectivity index (χ4v) is 3.44. The van der Waals surface area contributed by atoms with E-state index in [9.17, 15) is 14.4 Å². The van der Waals surface area contributed by atoms with Gasteiger partial charge in [-0.15, -0.1) is 0 Å². The van der Waals surface area contributed by atoms with Gasteiger partial charge >= 0.3 is 11.8 Å². The lowest BCUT2D eigenvalue weighted by molar-refractivity contribution is -0.155. The highest BCUT2D eigenvalue weighted by atomic mass is 16.5. The van der Waals surface area contributed by atoms with Crippen LogP contribution in [0.15, 0.2) is 24.3 Å². The lowest BCUT2D eigenvalue weighted by Gasteiger charge is -2.38. The number of nitrogens with zero attached hydrogens (tertiary/aromatic N) is 3. The summed E-state index contributed by atoms with van der Waals surface area (Å²) in [5.41, 5.74) is 0.701. The molecule has 0 aromatic heterocycles. The van der Waals surface area contributed by atoms with Crippen LogP contribution in [0.2, 0.25) is 0 Å². The third kappa shape index (κ3) is 5.24. The molecule has 29 heavy (non-hydrogen) atoms. The Bertz CT molecular complexity index is 725. The third-order valence-electron chi connectivity index (χ3n) is 5.37. The van der Waals surface area contributed by atoms with Crippen molar-refractivity contribution in [3.8, 4) is 5.75 Å². The Balaban J connectivity index is 1.47. The molecule has 1 aromatic rings. The van der Waals surface area contributed by atoms with Gasteiger partial charge in [-0.3, -0.25) is 19.3 Å². The molecule has 0 aliphatic carbocycles. The van der Waals surface area contributed by atoms with Crippen molar-refractivity contribution >= 4 is 23.4 Å². The van der Waals surface area contributed by atoms with Crippen molar-refractivity contribution < 1.29 is 23.9 Å². The number of hydrogen-bond donors (Lipinski definition) is 1. The number of nitrogens with one attached hydrogen (secondary N) is 1. The van der Waals surface area contributed by atoms with E-state index in [0.717, 1.165) is 5.75 Å². The van der Waals surface area contributed by atoms with E-state index in [1.54, 1.807) is 41.2 Å². The normalized spacial score (nSPS) is 18.8. The van der Waals surface area contributed by atoms with Gasteiger partial charge in [-0.2, -0.15) is 0 Å². The van der Waals surface area contributed by atoms with Gasteiger partial charge in [-0.25, -0.2) is 0 Å². The molecule has 9 heteroatoms. The molecular formula is C20H28N4O5. The van der Waals surface area contributed by atoms with E-state index in [1.165, 1.54) is 0 Å². The number of piperazine rings is 1. The summed E-state index contributed by atoms with van der Waals surface area (Å²) >= 11 is 0. The van der Waals surface area contributed by atoms with E-state index in [1.807, 2.05) is 11.8 Å². The highest BCUT2D eigenvalue weighted by Crippen LogP contribution is 2.16. The summed E-state index contributed by atoms with van der Waals surface area (Å²) in [6.07, 6.45) is 0. The van der Waals surface area contributed by atoms with Crippen LogP contribution in [0.1, 0.15) is 6.92 Å². The third-order valence-corrected chi connectivity index (χ3v) is 5.37. The fourth-order valence-electron chi connectivity index (χ4n) is 3.44. The van der Waals surface area contributed by atoms with Crippen molar-refractivity contribution in [1.29, 1.82) is 0 Å². The first-order chi connectivity index (χ1) is 14.0. The molecule has 3 amide bonds. The predicted molar refractivity (Wildman–Crippen MR) is 107 cm³/mol. The number of carbonyl (C=O) groups is 3. The summed E-state index contributed by atoms with van der Waals surface area (Å²) < 4.78 is 10.3. The van der Waals surface area contributed by atoms with Crippen molar-refractivity contribution in [3.05, 3.63) is 24.3 Å². The first kappa shape index (κ1) is 21.1. The SMILES string of the molecule is COc1ccc(NC(=O)[C@H](C)N2CCN(C(=O)C(=O)N3CCOCC3)CC2)cc1. The van der Waals surface area contributed by atoms with Crippen LogP contribution in [0.4, 0.5) is 5.69 Å². The van der Waals surface area contributed by atoms with Crippen LogP contribution in [-0.4, -0.2) is 98.1 Å². The van der Waals surface area contributed by atoms with Gasteiger partial charge in [0.05, 0.1) is 26.4 Å². The van der Waals surface area contributed by atoms with Crippen LogP contribution in [0.3, 0.4) is 0 Å². The number of hydrogen-bond acceptors (Lipinski definition) is 6. The quantitative estimate of drug-likeness (QED) is 0.712. The number of amides is 3. The van der Waals surface area contributed by atoms with Crippen molar-refractivity contribution in [2.24, 2.45) is 0 Å². The van der Waals surface area contributed by atoms with E-state index < -0.39 is 11.8 Å². The highest BCUT2D eigenvalue weighted by Gasteiger charge is 2.32. The zero-order chi connectivity index (χ0) is 20.8. The standard InChI is InChI=1S/C20H28N4O5/c1-15(18(25)21-16-3-5-17(28-2)6-4-16)22-7-9-23(10-8-22)19(26)20(27)24-11-13-29-14-12-24/h3-6,15H,7-14H2,1-2H3,(H,21,25)/t15-/m0/s1. The number of ether oxygens (including phenoxy) is 2. The number of carbonyl (C=O) groups excluding carboxylic acids is 3. The largest absolute Gasteiger partial charge is 0.497 e. The minimum atomic E-state index is -0.470. The molecule has 9 nitrogen and oxygen atoms in total.